The number of piperazine rings is 1. The number of piperidine rings is 1. The Kier molecular flexibility index (Phi) is 4.26. The van der Waals surface area contributed by atoms with Crippen molar-refractivity contribution in [3.8, 4) is 0 Å². The molecule has 0 bridgehead atoms. The Labute approximate surface area is 145 Å². The maximum atomic E-state index is 4.48. The monoisotopic (exact) mass is 378 g/mol. The van der Waals surface area contributed by atoms with Gasteiger partial charge >= 0.3 is 0 Å². The van der Waals surface area contributed by atoms with Crippen molar-refractivity contribution in [3.05, 3.63) is 23.1 Å². The zero-order valence-corrected chi connectivity index (χ0v) is 15.1. The number of aromatic nitrogens is 3. The second kappa shape index (κ2) is 6.37. The van der Waals surface area contributed by atoms with Crippen molar-refractivity contribution in [1.29, 1.82) is 0 Å². The molecule has 0 aromatic carbocycles. The Morgan fingerprint density at radius 3 is 2.52 bits per heavy atom. The van der Waals surface area contributed by atoms with E-state index in [-0.39, 0.29) is 0 Å². The van der Waals surface area contributed by atoms with Gasteiger partial charge in [0.25, 0.3) is 0 Å². The van der Waals surface area contributed by atoms with Crippen LogP contribution in [0, 0.1) is 0 Å². The van der Waals surface area contributed by atoms with Crippen molar-refractivity contribution in [2.45, 2.75) is 18.9 Å². The summed E-state index contributed by atoms with van der Waals surface area (Å²) in [6.07, 6.45) is 6.24. The molecule has 0 spiro atoms. The van der Waals surface area contributed by atoms with Gasteiger partial charge < -0.3 is 9.80 Å². The van der Waals surface area contributed by atoms with E-state index >= 15 is 0 Å². The van der Waals surface area contributed by atoms with Crippen LogP contribution in [0.4, 0.5) is 5.69 Å². The molecule has 2 fully saturated rings. The highest BCUT2D eigenvalue weighted by Crippen LogP contribution is 2.24. The fourth-order valence-corrected chi connectivity index (χ4v) is 4.06. The average Bonchev–Trinajstić information content (AvgIpc) is 2.96. The van der Waals surface area contributed by atoms with Crippen LogP contribution in [-0.2, 0) is 0 Å². The van der Waals surface area contributed by atoms with Crippen LogP contribution in [0.2, 0.25) is 0 Å². The predicted molar refractivity (Wildman–Crippen MR) is 95.0 cm³/mol. The third kappa shape index (κ3) is 3.09. The fourth-order valence-electron chi connectivity index (χ4n) is 3.69. The summed E-state index contributed by atoms with van der Waals surface area (Å²) >= 11 is 3.46. The molecule has 0 unspecified atom stereocenters. The quantitative estimate of drug-likeness (QED) is 0.795. The maximum absolute atomic E-state index is 4.48. The van der Waals surface area contributed by atoms with Crippen molar-refractivity contribution >= 4 is 27.3 Å². The van der Waals surface area contributed by atoms with E-state index in [0.717, 1.165) is 29.4 Å². The van der Waals surface area contributed by atoms with Gasteiger partial charge in [-0.25, -0.2) is 9.50 Å². The summed E-state index contributed by atoms with van der Waals surface area (Å²) in [5.41, 5.74) is 2.09. The van der Waals surface area contributed by atoms with Crippen molar-refractivity contribution in [2.24, 2.45) is 0 Å². The second-order valence-corrected chi connectivity index (χ2v) is 7.43. The molecule has 2 saturated heterocycles. The smallest absolute Gasteiger partial charge is 0.156 e. The number of fused-ring (bicyclic) bond motifs is 1. The third-order valence-corrected chi connectivity index (χ3v) is 5.73. The van der Waals surface area contributed by atoms with Crippen LogP contribution in [0.3, 0.4) is 0 Å². The lowest BCUT2D eigenvalue weighted by Crippen LogP contribution is -2.52. The fraction of sp³-hybridized carbons (Fsp3) is 0.625. The number of anilines is 1. The summed E-state index contributed by atoms with van der Waals surface area (Å²) in [7, 11) is 2.22. The van der Waals surface area contributed by atoms with E-state index in [1.807, 2.05) is 10.7 Å². The predicted octanol–water partition coefficient (Wildman–Crippen LogP) is 1.71. The number of hydrogen-bond acceptors (Lipinski definition) is 5. The van der Waals surface area contributed by atoms with Crippen molar-refractivity contribution < 1.29 is 0 Å². The second-order valence-electron chi connectivity index (χ2n) is 6.62. The minimum atomic E-state index is 0.747. The standard InChI is InChI=1S/C16H23BrN6/c1-20-6-8-22(9-7-20)13-2-4-21(5-3-13)14-10-16-18-12-15(17)23(16)19-11-14/h10-13H,2-9H2,1H3. The summed E-state index contributed by atoms with van der Waals surface area (Å²) in [5.74, 6) is 0. The first-order valence-corrected chi connectivity index (χ1v) is 9.17. The Morgan fingerprint density at radius 1 is 1.04 bits per heavy atom. The summed E-state index contributed by atoms with van der Waals surface area (Å²) in [6, 6.07) is 2.88. The highest BCUT2D eigenvalue weighted by atomic mass is 79.9. The van der Waals surface area contributed by atoms with E-state index < -0.39 is 0 Å². The van der Waals surface area contributed by atoms with Crippen molar-refractivity contribution in [2.75, 3.05) is 51.2 Å². The molecule has 23 heavy (non-hydrogen) atoms. The summed E-state index contributed by atoms with van der Waals surface area (Å²) in [6.45, 7) is 7.06. The van der Waals surface area contributed by atoms with Gasteiger partial charge in [0, 0.05) is 51.4 Å². The number of nitrogens with zero attached hydrogens (tertiary/aromatic N) is 6. The lowest BCUT2D eigenvalue weighted by atomic mass is 10.0. The Morgan fingerprint density at radius 2 is 1.78 bits per heavy atom. The van der Waals surface area contributed by atoms with E-state index in [4.69, 9.17) is 0 Å². The minimum Gasteiger partial charge on any atom is -0.370 e. The van der Waals surface area contributed by atoms with Crippen LogP contribution in [0.25, 0.3) is 5.65 Å². The first-order chi connectivity index (χ1) is 11.2. The van der Waals surface area contributed by atoms with Gasteiger partial charge in [-0.15, -0.1) is 0 Å². The van der Waals surface area contributed by atoms with E-state index in [2.05, 4.69) is 53.8 Å². The van der Waals surface area contributed by atoms with Crippen LogP contribution < -0.4 is 4.90 Å². The summed E-state index contributed by atoms with van der Waals surface area (Å²) in [4.78, 5) is 11.9. The van der Waals surface area contributed by atoms with Gasteiger partial charge in [0.05, 0.1) is 18.1 Å². The molecular weight excluding hydrogens is 356 g/mol. The van der Waals surface area contributed by atoms with Gasteiger partial charge in [0.15, 0.2) is 5.65 Å². The molecule has 2 aromatic heterocycles. The first-order valence-electron chi connectivity index (χ1n) is 8.37. The average molecular weight is 379 g/mol. The van der Waals surface area contributed by atoms with Gasteiger partial charge in [0.2, 0.25) is 0 Å². The van der Waals surface area contributed by atoms with Crippen LogP contribution in [-0.4, -0.2) is 76.8 Å². The zero-order chi connectivity index (χ0) is 15.8. The molecule has 0 saturated carbocycles. The van der Waals surface area contributed by atoms with Crippen LogP contribution in [0.5, 0.6) is 0 Å². The summed E-state index contributed by atoms with van der Waals surface area (Å²) in [5, 5.41) is 4.48. The van der Waals surface area contributed by atoms with E-state index in [0.29, 0.717) is 0 Å². The molecule has 2 aliphatic heterocycles. The zero-order valence-electron chi connectivity index (χ0n) is 13.5. The summed E-state index contributed by atoms with van der Waals surface area (Å²) < 4.78 is 2.72. The lowest BCUT2D eigenvalue weighted by Gasteiger charge is -2.42. The Hall–Kier alpha value is -1.18. The molecule has 6 nitrogen and oxygen atoms in total. The topological polar surface area (TPSA) is 39.9 Å². The molecule has 2 aliphatic rings. The van der Waals surface area contributed by atoms with Gasteiger partial charge in [-0.2, -0.15) is 5.10 Å². The van der Waals surface area contributed by atoms with Gasteiger partial charge in [0.1, 0.15) is 4.60 Å². The highest BCUT2D eigenvalue weighted by Gasteiger charge is 2.27. The number of imidazole rings is 1. The molecule has 0 atom stereocenters. The molecule has 4 rings (SSSR count). The van der Waals surface area contributed by atoms with E-state index in [1.165, 1.54) is 44.7 Å². The van der Waals surface area contributed by atoms with Crippen LogP contribution in [0.1, 0.15) is 12.8 Å². The molecule has 7 heteroatoms. The molecule has 124 valence electrons. The molecule has 0 radical (unpaired) electrons. The lowest BCUT2D eigenvalue weighted by molar-refractivity contribution is 0.0982. The van der Waals surface area contributed by atoms with Crippen molar-refractivity contribution in [1.82, 2.24) is 24.4 Å². The maximum Gasteiger partial charge on any atom is 0.156 e. The van der Waals surface area contributed by atoms with E-state index in [9.17, 15) is 0 Å². The molecule has 0 N–H and O–H groups in total. The minimum absolute atomic E-state index is 0.747. The molecular formula is C16H23BrN6. The Bertz CT molecular complexity index is 670. The van der Waals surface area contributed by atoms with Crippen LogP contribution in [0.15, 0.2) is 23.1 Å². The molecule has 0 amide bonds. The number of halogens is 1. The number of likely N-dealkylation sites (N-methyl/N-ethyl adjacent to an activating group) is 1. The highest BCUT2D eigenvalue weighted by molar-refractivity contribution is 9.10. The third-order valence-electron chi connectivity index (χ3n) is 5.19. The first kappa shape index (κ1) is 15.4. The normalized spacial score (nSPS) is 22.1. The Balaban J connectivity index is 1.40. The van der Waals surface area contributed by atoms with E-state index in [1.54, 1.807) is 6.20 Å². The molecule has 0 aliphatic carbocycles. The molecule has 2 aromatic rings. The largest absolute Gasteiger partial charge is 0.370 e. The van der Waals surface area contributed by atoms with Crippen molar-refractivity contribution in [3.63, 3.8) is 0 Å². The van der Waals surface area contributed by atoms with Gasteiger partial charge in [-0.1, -0.05) is 0 Å². The number of hydrogen-bond donors (Lipinski definition) is 0. The van der Waals surface area contributed by atoms with Gasteiger partial charge in [-0.3, -0.25) is 4.90 Å². The number of rotatable bonds is 2. The SMILES string of the molecule is CN1CCN(C2CCN(c3cnn4c(Br)cnc4c3)CC2)CC1. The van der Waals surface area contributed by atoms with Gasteiger partial charge in [-0.05, 0) is 35.8 Å². The van der Waals surface area contributed by atoms with Crippen LogP contribution >= 0.6 is 15.9 Å². The molecule has 4 heterocycles.